The van der Waals surface area contributed by atoms with Gasteiger partial charge in [0.1, 0.15) is 9.84 Å². The van der Waals surface area contributed by atoms with Crippen molar-refractivity contribution in [2.24, 2.45) is 0 Å². The minimum atomic E-state index is -3.58. The summed E-state index contributed by atoms with van der Waals surface area (Å²) in [5.74, 6) is -0.460. The summed E-state index contributed by atoms with van der Waals surface area (Å²) >= 11 is 5.53. The molecule has 0 saturated carbocycles. The van der Waals surface area contributed by atoms with Crippen LogP contribution in [0.15, 0.2) is 0 Å². The first kappa shape index (κ1) is 16.1. The average molecular weight is 292 g/mol. The molecule has 1 N–H and O–H groups in total. The van der Waals surface area contributed by atoms with Gasteiger partial charge in [0.15, 0.2) is 0 Å². The minimum Gasteiger partial charge on any atom is -0.229 e. The molecule has 0 fully saturated rings. The second-order valence-corrected chi connectivity index (χ2v) is 8.85. The molecular weight excluding hydrogens is 274 g/mol. The first-order valence-electron chi connectivity index (χ1n) is 4.73. The van der Waals surface area contributed by atoms with Crippen LogP contribution in [0.5, 0.6) is 0 Å². The minimum absolute atomic E-state index is 0.335. The van der Waals surface area contributed by atoms with Crippen molar-refractivity contribution in [1.29, 1.82) is 0 Å². The third-order valence-corrected chi connectivity index (χ3v) is 4.87. The summed E-state index contributed by atoms with van der Waals surface area (Å²) in [7, 11) is -6.85. The van der Waals surface area contributed by atoms with Crippen molar-refractivity contribution >= 4 is 31.5 Å². The Balaban J connectivity index is 4.48. The van der Waals surface area contributed by atoms with E-state index in [2.05, 4.69) is 4.72 Å². The quantitative estimate of drug-likeness (QED) is 0.687. The van der Waals surface area contributed by atoms with Gasteiger partial charge in [-0.3, -0.25) is 0 Å². The van der Waals surface area contributed by atoms with Crippen LogP contribution in [-0.2, 0) is 19.9 Å². The SMILES string of the molecule is CC(C)(CCCl)NS(=O)(=O)CCS(C)(=O)=O. The summed E-state index contributed by atoms with van der Waals surface area (Å²) in [4.78, 5) is 0. The Morgan fingerprint density at radius 2 is 1.62 bits per heavy atom. The molecule has 16 heavy (non-hydrogen) atoms. The third-order valence-electron chi connectivity index (χ3n) is 1.87. The summed E-state index contributed by atoms with van der Waals surface area (Å²) in [5.41, 5.74) is -0.655. The zero-order valence-electron chi connectivity index (χ0n) is 9.66. The van der Waals surface area contributed by atoms with Gasteiger partial charge in [-0.2, -0.15) is 0 Å². The Morgan fingerprint density at radius 3 is 2.00 bits per heavy atom. The molecule has 0 aromatic heterocycles. The molecule has 8 heteroatoms. The molecule has 0 rings (SSSR count). The molecule has 0 spiro atoms. The Bertz CT molecular complexity index is 413. The van der Waals surface area contributed by atoms with Crippen molar-refractivity contribution in [2.45, 2.75) is 25.8 Å². The van der Waals surface area contributed by atoms with E-state index in [0.29, 0.717) is 12.3 Å². The van der Waals surface area contributed by atoms with Crippen LogP contribution in [0.3, 0.4) is 0 Å². The predicted molar refractivity (Wildman–Crippen MR) is 66.0 cm³/mol. The number of alkyl halides is 1. The maximum atomic E-state index is 11.5. The zero-order chi connectivity index (χ0) is 13.0. The van der Waals surface area contributed by atoms with Gasteiger partial charge in [-0.1, -0.05) is 0 Å². The first-order chi connectivity index (χ1) is 6.97. The summed E-state index contributed by atoms with van der Waals surface area (Å²) < 4.78 is 47.2. The molecule has 0 bridgehead atoms. The largest absolute Gasteiger partial charge is 0.229 e. The summed E-state index contributed by atoms with van der Waals surface area (Å²) in [6, 6.07) is 0. The van der Waals surface area contributed by atoms with Gasteiger partial charge >= 0.3 is 0 Å². The molecule has 0 amide bonds. The van der Waals surface area contributed by atoms with Crippen molar-refractivity contribution in [3.63, 3.8) is 0 Å². The summed E-state index contributed by atoms with van der Waals surface area (Å²) in [6.45, 7) is 3.40. The van der Waals surface area contributed by atoms with Gasteiger partial charge in [-0.05, 0) is 20.3 Å². The molecule has 0 aliphatic rings. The Kier molecular flexibility index (Phi) is 5.71. The molecule has 0 atom stereocenters. The van der Waals surface area contributed by atoms with Crippen molar-refractivity contribution in [1.82, 2.24) is 4.72 Å². The molecule has 98 valence electrons. The molecule has 0 aliphatic heterocycles. The van der Waals surface area contributed by atoms with Crippen molar-refractivity contribution in [2.75, 3.05) is 23.6 Å². The van der Waals surface area contributed by atoms with Gasteiger partial charge < -0.3 is 0 Å². The molecular formula is C8H18ClNO4S2. The fraction of sp³-hybridized carbons (Fsp3) is 1.00. The standard InChI is InChI=1S/C8H18ClNO4S2/c1-8(2,4-5-9)10-16(13,14)7-6-15(3,11)12/h10H,4-7H2,1-3H3. The van der Waals surface area contributed by atoms with E-state index in [4.69, 9.17) is 11.6 Å². The number of rotatable bonds is 7. The van der Waals surface area contributed by atoms with Gasteiger partial charge in [0.2, 0.25) is 10.0 Å². The van der Waals surface area contributed by atoms with Crippen LogP contribution in [0.2, 0.25) is 0 Å². The van der Waals surface area contributed by atoms with Crippen molar-refractivity contribution < 1.29 is 16.8 Å². The van der Waals surface area contributed by atoms with Crippen LogP contribution in [0, 0.1) is 0 Å². The maximum absolute atomic E-state index is 11.5. The number of halogens is 1. The van der Waals surface area contributed by atoms with Crippen LogP contribution in [0.25, 0.3) is 0 Å². The van der Waals surface area contributed by atoms with E-state index in [1.165, 1.54) is 0 Å². The number of sulfonamides is 1. The fourth-order valence-corrected chi connectivity index (χ4v) is 4.63. The second-order valence-electron chi connectivity index (χ2n) is 4.37. The highest BCUT2D eigenvalue weighted by Crippen LogP contribution is 2.11. The highest BCUT2D eigenvalue weighted by atomic mass is 35.5. The number of hydrogen-bond acceptors (Lipinski definition) is 4. The number of hydrogen-bond donors (Lipinski definition) is 1. The van der Waals surface area contributed by atoms with E-state index in [-0.39, 0.29) is 5.75 Å². The highest BCUT2D eigenvalue weighted by Gasteiger charge is 2.24. The lowest BCUT2D eigenvalue weighted by molar-refractivity contribution is 0.442. The molecule has 0 aromatic carbocycles. The molecule has 0 unspecified atom stereocenters. The van der Waals surface area contributed by atoms with E-state index in [1.807, 2.05) is 0 Å². The smallest absolute Gasteiger partial charge is 0.213 e. The van der Waals surface area contributed by atoms with Crippen LogP contribution in [-0.4, -0.2) is 46.0 Å². The van der Waals surface area contributed by atoms with E-state index < -0.39 is 31.2 Å². The van der Waals surface area contributed by atoms with E-state index in [9.17, 15) is 16.8 Å². The molecule has 0 aromatic rings. The van der Waals surface area contributed by atoms with Crippen LogP contribution in [0.4, 0.5) is 0 Å². The lowest BCUT2D eigenvalue weighted by Crippen LogP contribution is -2.45. The Morgan fingerprint density at radius 1 is 1.12 bits per heavy atom. The highest BCUT2D eigenvalue weighted by molar-refractivity contribution is 7.93. The van der Waals surface area contributed by atoms with E-state index in [0.717, 1.165) is 6.26 Å². The normalized spacial score (nSPS) is 14.0. The van der Waals surface area contributed by atoms with Gasteiger partial charge in [0, 0.05) is 17.7 Å². The molecule has 0 aliphatic carbocycles. The Labute approximate surface area is 103 Å². The van der Waals surface area contributed by atoms with Crippen LogP contribution >= 0.6 is 11.6 Å². The third kappa shape index (κ3) is 8.32. The van der Waals surface area contributed by atoms with Gasteiger partial charge in [-0.15, -0.1) is 11.6 Å². The van der Waals surface area contributed by atoms with Gasteiger partial charge in [0.25, 0.3) is 0 Å². The van der Waals surface area contributed by atoms with E-state index >= 15 is 0 Å². The zero-order valence-corrected chi connectivity index (χ0v) is 12.0. The Hall–Kier alpha value is 0.150. The second kappa shape index (κ2) is 5.66. The number of nitrogens with one attached hydrogen (secondary N) is 1. The van der Waals surface area contributed by atoms with Crippen molar-refractivity contribution in [3.05, 3.63) is 0 Å². The van der Waals surface area contributed by atoms with Crippen LogP contribution < -0.4 is 4.72 Å². The molecule has 0 radical (unpaired) electrons. The van der Waals surface area contributed by atoms with E-state index in [1.54, 1.807) is 13.8 Å². The lowest BCUT2D eigenvalue weighted by Gasteiger charge is -2.24. The maximum Gasteiger partial charge on any atom is 0.213 e. The molecule has 5 nitrogen and oxygen atoms in total. The average Bonchev–Trinajstić information content (AvgIpc) is 1.97. The van der Waals surface area contributed by atoms with Crippen LogP contribution in [0.1, 0.15) is 20.3 Å². The first-order valence-corrected chi connectivity index (χ1v) is 8.97. The predicted octanol–water partition coefficient (Wildman–Crippen LogP) is 0.358. The monoisotopic (exact) mass is 291 g/mol. The summed E-state index contributed by atoms with van der Waals surface area (Å²) in [5, 5.41) is 0. The topological polar surface area (TPSA) is 80.3 Å². The van der Waals surface area contributed by atoms with Gasteiger partial charge in [0.05, 0.1) is 11.5 Å². The molecule has 0 saturated heterocycles. The van der Waals surface area contributed by atoms with Gasteiger partial charge in [-0.25, -0.2) is 21.6 Å². The number of sulfone groups is 1. The fourth-order valence-electron chi connectivity index (χ4n) is 1.02. The van der Waals surface area contributed by atoms with Crippen molar-refractivity contribution in [3.8, 4) is 0 Å². The summed E-state index contributed by atoms with van der Waals surface area (Å²) in [6.07, 6.45) is 1.49. The lowest BCUT2D eigenvalue weighted by atomic mass is 10.0. The molecule has 0 heterocycles.